The summed E-state index contributed by atoms with van der Waals surface area (Å²) in [6.45, 7) is 2.75. The van der Waals surface area contributed by atoms with E-state index < -0.39 is 21.5 Å². The van der Waals surface area contributed by atoms with Crippen molar-refractivity contribution >= 4 is 53.2 Å². The van der Waals surface area contributed by atoms with Gasteiger partial charge in [0.1, 0.15) is 5.75 Å². The average molecular weight is 453 g/mol. The maximum Gasteiger partial charge on any atom is 0.263 e. The number of thiazole rings is 1. The van der Waals surface area contributed by atoms with Crippen LogP contribution < -0.4 is 4.80 Å². The molecule has 0 spiro atoms. The number of nitrogens with zero attached hydrogens (tertiary/aromatic N) is 2. The van der Waals surface area contributed by atoms with Crippen LogP contribution >= 0.6 is 27.3 Å². The number of aromatic nitrogens is 1. The third kappa shape index (κ3) is 4.13. The number of carbonyl (C=O) groups is 1. The van der Waals surface area contributed by atoms with Gasteiger partial charge in [-0.1, -0.05) is 52.4 Å². The van der Waals surface area contributed by atoms with Crippen molar-refractivity contribution in [1.82, 2.24) is 4.57 Å². The largest absolute Gasteiger partial charge is 0.316 e. The quantitative estimate of drug-likeness (QED) is 0.591. The topological polar surface area (TPSA) is 68.5 Å². The summed E-state index contributed by atoms with van der Waals surface area (Å²) >= 11 is 4.82. The lowest BCUT2D eigenvalue weighted by Gasteiger charge is -2.03. The highest BCUT2D eigenvalue weighted by atomic mass is 79.9. The summed E-state index contributed by atoms with van der Waals surface area (Å²) in [5.41, 5.74) is 0.984. The maximum atomic E-state index is 12.4. The molecule has 1 aromatic heterocycles. The van der Waals surface area contributed by atoms with Crippen LogP contribution in [-0.2, 0) is 21.2 Å². The summed E-state index contributed by atoms with van der Waals surface area (Å²) in [4.78, 5) is 17.1. The van der Waals surface area contributed by atoms with Crippen LogP contribution in [0.2, 0.25) is 0 Å². The molecule has 0 aliphatic heterocycles. The van der Waals surface area contributed by atoms with Gasteiger partial charge in [-0.15, -0.1) is 0 Å². The molecule has 3 rings (SSSR count). The van der Waals surface area contributed by atoms with Crippen LogP contribution in [0.1, 0.15) is 13.3 Å². The highest BCUT2D eigenvalue weighted by Crippen LogP contribution is 2.22. The minimum atomic E-state index is -3.70. The van der Waals surface area contributed by atoms with Crippen molar-refractivity contribution in [2.24, 2.45) is 4.99 Å². The van der Waals surface area contributed by atoms with Crippen LogP contribution in [-0.4, -0.2) is 24.6 Å². The lowest BCUT2D eigenvalue weighted by Crippen LogP contribution is -2.21. The molecular formula is C18H17BrN2O3S2. The molecule has 5 nitrogen and oxygen atoms in total. The van der Waals surface area contributed by atoms with Crippen LogP contribution in [0.5, 0.6) is 0 Å². The molecule has 0 saturated carbocycles. The molecule has 0 radical (unpaired) electrons. The number of fused-ring (bicyclic) bond motifs is 1. The SMILES string of the molecule is CCCn1c(=NC(=O)CS(=O)(=O)c2ccccc2)sc2cc(Br)ccc21. The Bertz CT molecular complexity index is 1120. The number of carbonyl (C=O) groups excluding carboxylic acids is 1. The van der Waals surface area contributed by atoms with Gasteiger partial charge < -0.3 is 4.57 Å². The minimum Gasteiger partial charge on any atom is -0.316 e. The molecule has 1 heterocycles. The van der Waals surface area contributed by atoms with Crippen molar-refractivity contribution in [3.8, 4) is 0 Å². The van der Waals surface area contributed by atoms with E-state index in [9.17, 15) is 13.2 Å². The van der Waals surface area contributed by atoms with Crippen LogP contribution in [0.3, 0.4) is 0 Å². The Kier molecular flexibility index (Phi) is 5.74. The van der Waals surface area contributed by atoms with Crippen LogP contribution in [0.15, 0.2) is 62.9 Å². The number of amides is 1. The van der Waals surface area contributed by atoms with Gasteiger partial charge in [-0.3, -0.25) is 4.79 Å². The zero-order valence-electron chi connectivity index (χ0n) is 14.1. The normalized spacial score (nSPS) is 12.6. The first-order chi connectivity index (χ1) is 12.4. The molecule has 26 heavy (non-hydrogen) atoms. The van der Waals surface area contributed by atoms with E-state index in [0.29, 0.717) is 11.3 Å². The Morgan fingerprint density at radius 2 is 1.92 bits per heavy atom. The van der Waals surface area contributed by atoms with E-state index >= 15 is 0 Å². The summed E-state index contributed by atoms with van der Waals surface area (Å²) in [7, 11) is -3.70. The molecule has 0 saturated heterocycles. The third-order valence-electron chi connectivity index (χ3n) is 3.73. The van der Waals surface area contributed by atoms with Gasteiger partial charge >= 0.3 is 0 Å². The number of sulfone groups is 1. The van der Waals surface area contributed by atoms with E-state index in [2.05, 4.69) is 20.9 Å². The van der Waals surface area contributed by atoms with Crippen molar-refractivity contribution in [2.45, 2.75) is 24.8 Å². The second-order valence-corrected chi connectivity index (χ2v) is 9.64. The molecular weight excluding hydrogens is 436 g/mol. The maximum absolute atomic E-state index is 12.4. The van der Waals surface area contributed by atoms with Gasteiger partial charge in [0.05, 0.1) is 15.1 Å². The van der Waals surface area contributed by atoms with Gasteiger partial charge in [-0.25, -0.2) is 8.42 Å². The Morgan fingerprint density at radius 1 is 1.19 bits per heavy atom. The van der Waals surface area contributed by atoms with Gasteiger partial charge in [0.15, 0.2) is 14.6 Å². The van der Waals surface area contributed by atoms with E-state index in [1.807, 2.05) is 29.7 Å². The molecule has 2 aromatic carbocycles. The Balaban J connectivity index is 1.99. The molecule has 136 valence electrons. The van der Waals surface area contributed by atoms with E-state index in [4.69, 9.17) is 0 Å². The fourth-order valence-electron chi connectivity index (χ4n) is 2.58. The van der Waals surface area contributed by atoms with Crippen LogP contribution in [0.25, 0.3) is 10.2 Å². The molecule has 0 unspecified atom stereocenters. The third-order valence-corrected chi connectivity index (χ3v) is 6.88. The van der Waals surface area contributed by atoms with Gasteiger partial charge in [0.2, 0.25) is 0 Å². The van der Waals surface area contributed by atoms with Crippen molar-refractivity contribution in [1.29, 1.82) is 0 Å². The second-order valence-electron chi connectivity index (χ2n) is 5.73. The van der Waals surface area contributed by atoms with Crippen molar-refractivity contribution < 1.29 is 13.2 Å². The highest BCUT2D eigenvalue weighted by Gasteiger charge is 2.19. The molecule has 0 aliphatic carbocycles. The number of hydrogen-bond acceptors (Lipinski definition) is 4. The lowest BCUT2D eigenvalue weighted by atomic mass is 10.3. The Morgan fingerprint density at radius 3 is 2.62 bits per heavy atom. The number of rotatable bonds is 5. The molecule has 0 atom stereocenters. The molecule has 8 heteroatoms. The average Bonchev–Trinajstić information content (AvgIpc) is 2.92. The Hall–Kier alpha value is -1.77. The van der Waals surface area contributed by atoms with E-state index in [-0.39, 0.29) is 4.90 Å². The molecule has 3 aromatic rings. The van der Waals surface area contributed by atoms with Crippen LogP contribution in [0.4, 0.5) is 0 Å². The zero-order chi connectivity index (χ0) is 18.7. The minimum absolute atomic E-state index is 0.130. The lowest BCUT2D eigenvalue weighted by molar-refractivity contribution is -0.115. The first-order valence-electron chi connectivity index (χ1n) is 8.05. The van der Waals surface area contributed by atoms with Gasteiger partial charge in [-0.2, -0.15) is 4.99 Å². The van der Waals surface area contributed by atoms with E-state index in [0.717, 1.165) is 21.1 Å². The van der Waals surface area contributed by atoms with E-state index in [1.165, 1.54) is 23.5 Å². The highest BCUT2D eigenvalue weighted by molar-refractivity contribution is 9.10. The summed E-state index contributed by atoms with van der Waals surface area (Å²) in [5.74, 6) is -1.30. The van der Waals surface area contributed by atoms with Crippen molar-refractivity contribution in [3.63, 3.8) is 0 Å². The monoisotopic (exact) mass is 452 g/mol. The number of halogens is 1. The standard InChI is InChI=1S/C18H17BrN2O3S2/c1-2-10-21-15-9-8-13(19)11-16(15)25-18(21)20-17(22)12-26(23,24)14-6-4-3-5-7-14/h3-9,11H,2,10,12H2,1H3. The first kappa shape index (κ1) is 19.0. The first-order valence-corrected chi connectivity index (χ1v) is 11.3. The van der Waals surface area contributed by atoms with Gasteiger partial charge in [0, 0.05) is 11.0 Å². The zero-order valence-corrected chi connectivity index (χ0v) is 17.3. The van der Waals surface area contributed by atoms with Crippen LogP contribution in [0, 0.1) is 0 Å². The summed E-state index contributed by atoms with van der Waals surface area (Å²) < 4.78 is 28.6. The molecule has 0 fully saturated rings. The number of aryl methyl sites for hydroxylation is 1. The summed E-state index contributed by atoms with van der Waals surface area (Å²) in [6, 6.07) is 13.8. The number of benzene rings is 2. The fraction of sp³-hybridized carbons (Fsp3) is 0.222. The van der Waals surface area contributed by atoms with Gasteiger partial charge in [0.25, 0.3) is 5.91 Å². The molecule has 1 amide bonds. The Labute approximate surface area is 164 Å². The van der Waals surface area contributed by atoms with Crippen molar-refractivity contribution in [3.05, 3.63) is 57.8 Å². The molecule has 0 N–H and O–H groups in total. The summed E-state index contributed by atoms with van der Waals surface area (Å²) in [6.07, 6.45) is 0.881. The predicted molar refractivity (Wildman–Crippen MR) is 107 cm³/mol. The fourth-order valence-corrected chi connectivity index (χ4v) is 5.34. The smallest absolute Gasteiger partial charge is 0.263 e. The molecule has 0 bridgehead atoms. The van der Waals surface area contributed by atoms with E-state index in [1.54, 1.807) is 18.2 Å². The predicted octanol–water partition coefficient (Wildman–Crippen LogP) is 3.78. The molecule has 0 aliphatic rings. The van der Waals surface area contributed by atoms with Crippen molar-refractivity contribution in [2.75, 3.05) is 5.75 Å². The number of hydrogen-bond donors (Lipinski definition) is 0. The second kappa shape index (κ2) is 7.85. The summed E-state index contributed by atoms with van der Waals surface area (Å²) in [5, 5.41) is 0. The van der Waals surface area contributed by atoms with Gasteiger partial charge in [-0.05, 0) is 36.8 Å².